The molecule has 2 aromatic carbocycles. The number of hydrogen-bond donors (Lipinski definition) is 4. The predicted molar refractivity (Wildman–Crippen MR) is 126 cm³/mol. The van der Waals surface area contributed by atoms with Gasteiger partial charge in [0.15, 0.2) is 5.78 Å². The summed E-state index contributed by atoms with van der Waals surface area (Å²) in [5.41, 5.74) is 5.34. The summed E-state index contributed by atoms with van der Waals surface area (Å²) in [6.45, 7) is 0.831. The molecule has 1 fully saturated rings. The first-order valence-electron chi connectivity index (χ1n) is 10.8. The fourth-order valence-electron chi connectivity index (χ4n) is 4.12. The molecule has 2 amide bonds. The van der Waals surface area contributed by atoms with Gasteiger partial charge in [-0.05, 0) is 54.4 Å². The molecule has 1 aliphatic heterocycles. The molecule has 0 radical (unpaired) electrons. The Kier molecular flexibility index (Phi) is 6.70. The number of hydrogen-bond acceptors (Lipinski definition) is 5. The second kappa shape index (κ2) is 9.54. The zero-order valence-electron chi connectivity index (χ0n) is 18.2. The van der Waals surface area contributed by atoms with Crippen molar-refractivity contribution < 1.29 is 23.9 Å². The molecule has 2 heterocycles. The fourth-order valence-corrected chi connectivity index (χ4v) is 4.37. The van der Waals surface area contributed by atoms with Crippen LogP contribution in [0.5, 0.6) is 0 Å². The van der Waals surface area contributed by atoms with E-state index in [1.54, 1.807) is 30.3 Å². The largest absolute Gasteiger partial charge is 0.373 e. The van der Waals surface area contributed by atoms with Gasteiger partial charge in [0, 0.05) is 54.1 Å². The highest BCUT2D eigenvalue weighted by Gasteiger charge is 2.50. The van der Waals surface area contributed by atoms with Crippen LogP contribution in [0.1, 0.15) is 28.9 Å². The van der Waals surface area contributed by atoms with Crippen molar-refractivity contribution in [1.82, 2.24) is 10.3 Å². The number of nitrogens with zero attached hydrogens (tertiary/aromatic N) is 1. The number of carbonyl (C=O) groups excluding carboxylic acids is 3. The molecule has 1 atom stereocenters. The molecule has 8 nitrogen and oxygen atoms in total. The molecule has 1 saturated heterocycles. The quantitative estimate of drug-likeness (QED) is 0.363. The number of aromatic nitrogens is 1. The third-order valence-electron chi connectivity index (χ3n) is 5.91. The lowest BCUT2D eigenvalue weighted by Gasteiger charge is -2.21. The van der Waals surface area contributed by atoms with E-state index < -0.39 is 23.1 Å². The molecule has 4 rings (SSSR count). The minimum atomic E-state index is -2.14. The van der Waals surface area contributed by atoms with E-state index >= 15 is 0 Å². The van der Waals surface area contributed by atoms with E-state index in [0.717, 1.165) is 6.07 Å². The summed E-state index contributed by atoms with van der Waals surface area (Å²) in [6, 6.07) is 10.8. The average Bonchev–Trinajstić information content (AvgIpc) is 3.36. The van der Waals surface area contributed by atoms with Crippen molar-refractivity contribution in [3.8, 4) is 0 Å². The highest BCUT2D eigenvalue weighted by molar-refractivity contribution is 6.30. The number of halogens is 2. The molecule has 34 heavy (non-hydrogen) atoms. The normalized spacial score (nSPS) is 18.0. The molecule has 10 heteroatoms. The lowest BCUT2D eigenvalue weighted by atomic mass is 9.92. The van der Waals surface area contributed by atoms with Gasteiger partial charge >= 0.3 is 0 Å². The maximum absolute atomic E-state index is 13.5. The minimum absolute atomic E-state index is 0.0491. The molecule has 5 N–H and O–H groups in total. The topological polar surface area (TPSA) is 129 Å². The van der Waals surface area contributed by atoms with Crippen LogP contribution in [0.3, 0.4) is 0 Å². The molecule has 1 aromatic heterocycles. The van der Waals surface area contributed by atoms with Gasteiger partial charge in [-0.15, -0.1) is 0 Å². The van der Waals surface area contributed by atoms with Crippen molar-refractivity contribution in [1.29, 1.82) is 0 Å². The van der Waals surface area contributed by atoms with E-state index in [9.17, 15) is 23.9 Å². The Bertz CT molecular complexity index is 1260. The Morgan fingerprint density at radius 3 is 2.76 bits per heavy atom. The van der Waals surface area contributed by atoms with Crippen LogP contribution in [-0.2, 0) is 16.0 Å². The van der Waals surface area contributed by atoms with Crippen LogP contribution in [0.2, 0.25) is 5.02 Å². The molecular weight excluding hydrogens is 463 g/mol. The summed E-state index contributed by atoms with van der Waals surface area (Å²) in [7, 11) is 0. The van der Waals surface area contributed by atoms with E-state index in [2.05, 4.69) is 10.3 Å². The number of nitrogens with two attached hydrogens (primary N) is 1. The number of anilines is 1. The zero-order chi connectivity index (χ0) is 24.5. The van der Waals surface area contributed by atoms with Gasteiger partial charge < -0.3 is 26.0 Å². The molecule has 3 aromatic rings. The van der Waals surface area contributed by atoms with E-state index in [-0.39, 0.29) is 36.7 Å². The Labute approximate surface area is 199 Å². The Morgan fingerprint density at radius 2 is 2.03 bits per heavy atom. The van der Waals surface area contributed by atoms with Crippen molar-refractivity contribution in [3.63, 3.8) is 0 Å². The van der Waals surface area contributed by atoms with Crippen LogP contribution in [0, 0.1) is 5.82 Å². The number of H-pyrrole nitrogens is 1. The summed E-state index contributed by atoms with van der Waals surface area (Å²) in [5, 5.41) is 14.5. The van der Waals surface area contributed by atoms with Gasteiger partial charge in [0.05, 0.1) is 0 Å². The van der Waals surface area contributed by atoms with Gasteiger partial charge in [-0.1, -0.05) is 11.6 Å². The number of nitrogens with one attached hydrogen (secondary N) is 2. The van der Waals surface area contributed by atoms with Crippen molar-refractivity contribution in [3.05, 3.63) is 64.6 Å². The molecule has 178 valence electrons. The lowest BCUT2D eigenvalue weighted by molar-refractivity contribution is -0.147. The van der Waals surface area contributed by atoms with Crippen LogP contribution in [0.15, 0.2) is 42.5 Å². The molecule has 0 spiro atoms. The number of carbonyl (C=O) groups is 3. The van der Waals surface area contributed by atoms with Gasteiger partial charge in [0.2, 0.25) is 5.60 Å². The number of aliphatic hydroxyl groups is 1. The number of amides is 2. The number of benzene rings is 2. The second-order valence-electron chi connectivity index (χ2n) is 8.27. The Hall–Kier alpha value is -3.27. The summed E-state index contributed by atoms with van der Waals surface area (Å²) in [4.78, 5) is 42.4. The maximum atomic E-state index is 13.5. The summed E-state index contributed by atoms with van der Waals surface area (Å²) >= 11 is 5.85. The number of rotatable bonds is 8. The van der Waals surface area contributed by atoms with Gasteiger partial charge in [-0.25, -0.2) is 4.39 Å². The summed E-state index contributed by atoms with van der Waals surface area (Å²) in [6.07, 6.45) is -0.0311. The number of aromatic amines is 1. The van der Waals surface area contributed by atoms with Crippen LogP contribution >= 0.6 is 11.6 Å². The van der Waals surface area contributed by atoms with Gasteiger partial charge in [0.1, 0.15) is 11.5 Å². The third-order valence-corrected chi connectivity index (χ3v) is 6.13. The predicted octanol–water partition coefficient (Wildman–Crippen LogP) is 2.32. The smallest absolute Gasteiger partial charge is 0.267 e. The van der Waals surface area contributed by atoms with Crippen LogP contribution in [0.4, 0.5) is 10.1 Å². The monoisotopic (exact) mass is 486 g/mol. The summed E-state index contributed by atoms with van der Waals surface area (Å²) < 4.78 is 13.5. The summed E-state index contributed by atoms with van der Waals surface area (Å²) in [5.74, 6) is -2.13. The van der Waals surface area contributed by atoms with Crippen molar-refractivity contribution in [2.24, 2.45) is 5.73 Å². The van der Waals surface area contributed by atoms with Crippen LogP contribution in [0.25, 0.3) is 10.9 Å². The van der Waals surface area contributed by atoms with Crippen LogP contribution < -0.4 is 16.0 Å². The first-order valence-corrected chi connectivity index (χ1v) is 11.2. The minimum Gasteiger partial charge on any atom is -0.373 e. The Balaban J connectivity index is 1.48. The fraction of sp³-hybridized carbons (Fsp3) is 0.292. The van der Waals surface area contributed by atoms with Gasteiger partial charge in [-0.3, -0.25) is 14.4 Å². The van der Waals surface area contributed by atoms with E-state index in [4.69, 9.17) is 17.3 Å². The molecular formula is C24H24ClFN4O4. The Morgan fingerprint density at radius 1 is 1.24 bits per heavy atom. The molecule has 0 saturated carbocycles. The molecule has 0 aliphatic carbocycles. The van der Waals surface area contributed by atoms with Crippen LogP contribution in [-0.4, -0.2) is 52.9 Å². The van der Waals surface area contributed by atoms with Gasteiger partial charge in [0.25, 0.3) is 11.8 Å². The first-order chi connectivity index (χ1) is 16.2. The van der Waals surface area contributed by atoms with Gasteiger partial charge in [-0.2, -0.15) is 0 Å². The molecule has 0 bridgehead atoms. The average molecular weight is 487 g/mol. The maximum Gasteiger partial charge on any atom is 0.267 e. The van der Waals surface area contributed by atoms with Crippen molar-refractivity contribution in [2.75, 3.05) is 24.5 Å². The second-order valence-corrected chi connectivity index (χ2v) is 8.70. The number of Topliss-reactive ketones (excluding diaryl/α,β-unsaturated/α-hetero) is 1. The number of aryl methyl sites for hydroxylation is 1. The first kappa shape index (κ1) is 23.9. The number of fused-ring (bicyclic) bond motifs is 1. The molecule has 0 unspecified atom stereocenters. The van der Waals surface area contributed by atoms with E-state index in [1.165, 1.54) is 11.0 Å². The van der Waals surface area contributed by atoms with E-state index in [0.29, 0.717) is 40.9 Å². The standard InChI is InChI=1S/C24H24ClFN4O4/c25-16-9-14(10-17(26)13-16)1-4-21(31)24(34)5-8-30(23(24)33)18-2-3-19-15(11-18)12-20(29-19)22(32)28-7-6-27/h2-3,9-13,29,34H,1,4-8,27H2,(H,28,32)/t24-/m0/s1. The van der Waals surface area contributed by atoms with Crippen molar-refractivity contribution in [2.45, 2.75) is 24.9 Å². The number of ketones is 1. The zero-order valence-corrected chi connectivity index (χ0v) is 19.0. The van der Waals surface area contributed by atoms with E-state index in [1.807, 2.05) is 0 Å². The lowest BCUT2D eigenvalue weighted by Crippen LogP contribution is -2.47. The third kappa shape index (κ3) is 4.68. The van der Waals surface area contributed by atoms with Crippen molar-refractivity contribution >= 4 is 45.8 Å². The molecule has 1 aliphatic rings. The highest BCUT2D eigenvalue weighted by atomic mass is 35.5. The highest BCUT2D eigenvalue weighted by Crippen LogP contribution is 2.32. The SMILES string of the molecule is NCCNC(=O)c1cc2cc(N3CC[C@](O)(C(=O)CCc4cc(F)cc(Cl)c4)C3=O)ccc2[nH]1.